The van der Waals surface area contributed by atoms with Crippen LogP contribution in [0.4, 0.5) is 0 Å². The second-order valence-electron chi connectivity index (χ2n) is 8.57. The van der Waals surface area contributed by atoms with E-state index in [1.165, 1.54) is 44.5 Å². The van der Waals surface area contributed by atoms with Gasteiger partial charge in [0.25, 0.3) is 0 Å². The van der Waals surface area contributed by atoms with Gasteiger partial charge in [-0.1, -0.05) is 54.6 Å². The fraction of sp³-hybridized carbons (Fsp3) is 0.286. The lowest BCUT2D eigenvalue weighted by Gasteiger charge is -2.22. The van der Waals surface area contributed by atoms with Gasteiger partial charge in [0.1, 0.15) is 4.58 Å². The summed E-state index contributed by atoms with van der Waals surface area (Å²) in [6.45, 7) is 1.71. The summed E-state index contributed by atoms with van der Waals surface area (Å²) < 4.78 is -0.0916. The van der Waals surface area contributed by atoms with Gasteiger partial charge in [0.2, 0.25) is 0 Å². The Morgan fingerprint density at radius 1 is 0.676 bits per heavy atom. The van der Waals surface area contributed by atoms with Crippen LogP contribution in [0.15, 0.2) is 60.7 Å². The van der Waals surface area contributed by atoms with E-state index in [4.69, 9.17) is 0 Å². The zero-order chi connectivity index (χ0) is 23.5. The lowest BCUT2D eigenvalue weighted by molar-refractivity contribution is -0.115. The Balaban J connectivity index is 1.76. The van der Waals surface area contributed by atoms with Gasteiger partial charge in [0.15, 0.2) is 11.6 Å². The number of benzene rings is 3. The van der Waals surface area contributed by atoms with E-state index in [9.17, 15) is 9.59 Å². The number of hydrogen-bond donors (Lipinski definition) is 0. The van der Waals surface area contributed by atoms with E-state index >= 15 is 0 Å². The maximum absolute atomic E-state index is 12.6. The molecule has 3 aromatic rings. The number of carbonyl (C=O) groups excluding carboxylic acids is 2. The molecule has 6 heteroatoms. The SMILES string of the molecule is CC(=O)C1SCc2cccc3c2-c2cccc(c2)-c2c(cccc2CS1)CSCC(=O)CSC3. The summed E-state index contributed by atoms with van der Waals surface area (Å²) in [4.78, 5) is 25.1. The highest BCUT2D eigenvalue weighted by atomic mass is 32.2. The predicted molar refractivity (Wildman–Crippen MR) is 152 cm³/mol. The second-order valence-corrected chi connectivity index (χ2v) is 13.0. The zero-order valence-corrected chi connectivity index (χ0v) is 22.3. The summed E-state index contributed by atoms with van der Waals surface area (Å²) in [6, 6.07) is 21.9. The van der Waals surface area contributed by atoms with Crippen molar-refractivity contribution < 1.29 is 9.59 Å². The Bertz CT molecular complexity index is 1150. The average Bonchev–Trinajstić information content (AvgIpc) is 2.83. The van der Waals surface area contributed by atoms with Crippen LogP contribution in [0, 0.1) is 0 Å². The molecule has 0 spiro atoms. The summed E-state index contributed by atoms with van der Waals surface area (Å²) in [5.41, 5.74) is 9.99. The highest BCUT2D eigenvalue weighted by molar-refractivity contribution is 8.17. The van der Waals surface area contributed by atoms with Crippen LogP contribution in [-0.2, 0) is 32.6 Å². The number of thioether (sulfide) groups is 4. The van der Waals surface area contributed by atoms with Gasteiger partial charge in [-0.3, -0.25) is 9.59 Å². The van der Waals surface area contributed by atoms with Gasteiger partial charge in [0.05, 0.1) is 11.5 Å². The molecule has 0 unspecified atom stereocenters. The van der Waals surface area contributed by atoms with Crippen LogP contribution in [0.5, 0.6) is 0 Å². The van der Waals surface area contributed by atoms with E-state index in [0.717, 1.165) is 23.0 Å². The summed E-state index contributed by atoms with van der Waals surface area (Å²) in [6.07, 6.45) is 0. The van der Waals surface area contributed by atoms with E-state index < -0.39 is 0 Å². The molecule has 3 aromatic carbocycles. The molecule has 5 rings (SSSR count). The fourth-order valence-electron chi connectivity index (χ4n) is 4.56. The van der Waals surface area contributed by atoms with E-state index in [1.807, 2.05) is 0 Å². The Morgan fingerprint density at radius 3 is 1.59 bits per heavy atom. The van der Waals surface area contributed by atoms with Gasteiger partial charge in [-0.15, -0.1) is 47.0 Å². The molecule has 0 amide bonds. The fourth-order valence-corrected chi connectivity index (χ4v) is 8.88. The molecule has 0 atom stereocenters. The van der Waals surface area contributed by atoms with Crippen LogP contribution < -0.4 is 0 Å². The van der Waals surface area contributed by atoms with Gasteiger partial charge in [-0.2, -0.15) is 0 Å². The molecule has 0 saturated carbocycles. The number of hydrogen-bond acceptors (Lipinski definition) is 6. The molecule has 0 fully saturated rings. The first-order valence-electron chi connectivity index (χ1n) is 11.3. The molecule has 0 aliphatic carbocycles. The Hall–Kier alpha value is -1.60. The van der Waals surface area contributed by atoms with Crippen molar-refractivity contribution in [2.45, 2.75) is 34.5 Å². The first-order chi connectivity index (χ1) is 16.6. The molecule has 0 aromatic heterocycles. The lowest BCUT2D eigenvalue weighted by atomic mass is 9.90. The third-order valence-corrected chi connectivity index (χ3v) is 11.2. The molecule has 2 aliphatic heterocycles. The minimum Gasteiger partial charge on any atom is -0.298 e. The number of rotatable bonds is 1. The molecule has 0 N–H and O–H groups in total. The van der Waals surface area contributed by atoms with Crippen molar-refractivity contribution in [3.63, 3.8) is 0 Å². The van der Waals surface area contributed by atoms with Crippen LogP contribution in [0.3, 0.4) is 0 Å². The van der Waals surface area contributed by atoms with Crippen molar-refractivity contribution in [2.24, 2.45) is 0 Å². The van der Waals surface area contributed by atoms with E-state index in [0.29, 0.717) is 17.3 Å². The maximum atomic E-state index is 12.6. The van der Waals surface area contributed by atoms with Crippen molar-refractivity contribution in [1.29, 1.82) is 0 Å². The largest absolute Gasteiger partial charge is 0.298 e. The molecule has 2 heterocycles. The summed E-state index contributed by atoms with van der Waals surface area (Å²) in [5.74, 6) is 4.80. The molecule has 4 bridgehead atoms. The van der Waals surface area contributed by atoms with Crippen molar-refractivity contribution in [3.8, 4) is 22.3 Å². The van der Waals surface area contributed by atoms with Gasteiger partial charge in [0, 0.05) is 23.0 Å². The molecule has 0 saturated heterocycles. The Morgan fingerprint density at radius 2 is 1.12 bits per heavy atom. The average molecular weight is 523 g/mol. The minimum absolute atomic E-state index is 0.0916. The molecule has 0 radical (unpaired) electrons. The predicted octanol–water partition coefficient (Wildman–Crippen LogP) is 7.46. The monoisotopic (exact) mass is 522 g/mol. The number of ketones is 2. The Kier molecular flexibility index (Phi) is 7.79. The summed E-state index contributed by atoms with van der Waals surface area (Å²) in [7, 11) is 0. The van der Waals surface area contributed by atoms with Crippen LogP contribution in [-0.4, -0.2) is 27.7 Å². The second kappa shape index (κ2) is 11.0. The third kappa shape index (κ3) is 5.30. The quantitative estimate of drug-likeness (QED) is 0.330. The lowest BCUT2D eigenvalue weighted by Crippen LogP contribution is -2.11. The van der Waals surface area contributed by atoms with Gasteiger partial charge in [-0.05, 0) is 57.5 Å². The highest BCUT2D eigenvalue weighted by Crippen LogP contribution is 2.41. The molecule has 34 heavy (non-hydrogen) atoms. The van der Waals surface area contributed by atoms with Crippen LogP contribution in [0.25, 0.3) is 22.3 Å². The van der Waals surface area contributed by atoms with Gasteiger partial charge in [-0.25, -0.2) is 0 Å². The van der Waals surface area contributed by atoms with Gasteiger partial charge < -0.3 is 0 Å². The van der Waals surface area contributed by atoms with Crippen molar-refractivity contribution >= 4 is 58.6 Å². The zero-order valence-electron chi connectivity index (χ0n) is 19.0. The van der Waals surface area contributed by atoms with E-state index in [-0.39, 0.29) is 10.4 Å². The topological polar surface area (TPSA) is 34.1 Å². The van der Waals surface area contributed by atoms with Crippen molar-refractivity contribution in [1.82, 2.24) is 0 Å². The number of Topliss-reactive ketones (excluding diaryl/α,β-unsaturated/α-hetero) is 2. The third-order valence-electron chi connectivity index (χ3n) is 6.07. The normalized spacial score (nSPS) is 17.0. The highest BCUT2D eigenvalue weighted by Gasteiger charge is 2.22. The Labute approximate surface area is 218 Å². The van der Waals surface area contributed by atoms with E-state index in [2.05, 4.69) is 60.7 Å². The maximum Gasteiger partial charge on any atom is 0.152 e. The first kappa shape index (κ1) is 24.1. The van der Waals surface area contributed by atoms with Crippen LogP contribution in [0.2, 0.25) is 0 Å². The minimum atomic E-state index is -0.0916. The molecule has 174 valence electrons. The van der Waals surface area contributed by atoms with Crippen LogP contribution in [0.1, 0.15) is 29.2 Å². The van der Waals surface area contributed by atoms with Crippen molar-refractivity contribution in [2.75, 3.05) is 11.5 Å². The molecule has 2 aliphatic rings. The summed E-state index contributed by atoms with van der Waals surface area (Å²) in [5, 5.41) is 0. The van der Waals surface area contributed by atoms with Crippen molar-refractivity contribution in [3.05, 3.63) is 82.9 Å². The standard InChI is InChI=1S/C28H26O2S4/c1-18(29)28-33-14-23-9-3-7-21-12-31-16-25(30)17-32-13-22-8-4-10-24(15-34-28)27(22)20-6-2-5-19(11-20)26(21)23/h2-11,28H,12-17H2,1H3. The molecular weight excluding hydrogens is 497 g/mol. The van der Waals surface area contributed by atoms with Crippen LogP contribution >= 0.6 is 47.0 Å². The van der Waals surface area contributed by atoms with Gasteiger partial charge >= 0.3 is 0 Å². The molecular formula is C28H26O2S4. The smallest absolute Gasteiger partial charge is 0.152 e. The number of carbonyl (C=O) groups is 2. The molecule has 2 nitrogen and oxygen atoms in total. The van der Waals surface area contributed by atoms with E-state index in [1.54, 1.807) is 54.0 Å². The summed E-state index contributed by atoms with van der Waals surface area (Å²) >= 11 is 6.88. The first-order valence-corrected chi connectivity index (χ1v) is 15.7.